The van der Waals surface area contributed by atoms with Crippen LogP contribution in [0.25, 0.3) is 0 Å². The number of hydrogen-bond acceptors (Lipinski definition) is 4. The topological polar surface area (TPSA) is 21.8 Å². The molecular formula is C15H32N4. The van der Waals surface area contributed by atoms with Gasteiger partial charge in [-0.3, -0.25) is 4.90 Å². The first kappa shape index (κ1) is 15.2. The molecule has 1 heterocycles. The highest BCUT2D eigenvalue weighted by atomic mass is 15.3. The maximum absolute atomic E-state index is 3.56. The first-order valence-corrected chi connectivity index (χ1v) is 8.04. The van der Waals surface area contributed by atoms with Gasteiger partial charge in [-0.25, -0.2) is 0 Å². The summed E-state index contributed by atoms with van der Waals surface area (Å²) in [5.41, 5.74) is 0. The van der Waals surface area contributed by atoms with Crippen LogP contribution in [0.3, 0.4) is 0 Å². The van der Waals surface area contributed by atoms with Crippen molar-refractivity contribution in [2.75, 3.05) is 73.0 Å². The molecule has 0 aromatic carbocycles. The zero-order valence-corrected chi connectivity index (χ0v) is 12.9. The summed E-state index contributed by atoms with van der Waals surface area (Å²) in [6.07, 6.45) is 4.22. The molecule has 0 atom stereocenters. The molecule has 4 nitrogen and oxygen atoms in total. The van der Waals surface area contributed by atoms with Crippen LogP contribution in [0.1, 0.15) is 19.3 Å². The SMILES string of the molecule is CN(C)CCCNCCN1CCN(CC2CC2)CC1. The van der Waals surface area contributed by atoms with Gasteiger partial charge in [0.15, 0.2) is 0 Å². The van der Waals surface area contributed by atoms with Crippen molar-refractivity contribution in [1.29, 1.82) is 0 Å². The van der Waals surface area contributed by atoms with E-state index in [1.807, 2.05) is 0 Å². The van der Waals surface area contributed by atoms with Crippen LogP contribution in [0.4, 0.5) is 0 Å². The molecule has 1 N–H and O–H groups in total. The molecule has 1 saturated heterocycles. The molecule has 0 bridgehead atoms. The second kappa shape index (κ2) is 8.20. The van der Waals surface area contributed by atoms with Gasteiger partial charge in [0.05, 0.1) is 0 Å². The van der Waals surface area contributed by atoms with Gasteiger partial charge >= 0.3 is 0 Å². The van der Waals surface area contributed by atoms with Crippen LogP contribution in [-0.2, 0) is 0 Å². The predicted molar refractivity (Wildman–Crippen MR) is 81.6 cm³/mol. The summed E-state index contributed by atoms with van der Waals surface area (Å²) in [5.74, 6) is 1.05. The Kier molecular flexibility index (Phi) is 6.57. The molecule has 4 heteroatoms. The van der Waals surface area contributed by atoms with Crippen molar-refractivity contribution in [1.82, 2.24) is 20.0 Å². The fourth-order valence-electron chi connectivity index (χ4n) is 2.74. The lowest BCUT2D eigenvalue weighted by Crippen LogP contribution is -2.48. The first-order valence-electron chi connectivity index (χ1n) is 8.04. The van der Waals surface area contributed by atoms with Gasteiger partial charge in [-0.05, 0) is 52.4 Å². The van der Waals surface area contributed by atoms with E-state index in [-0.39, 0.29) is 0 Å². The minimum Gasteiger partial charge on any atom is -0.315 e. The summed E-state index contributed by atoms with van der Waals surface area (Å²) >= 11 is 0. The third-order valence-electron chi connectivity index (χ3n) is 4.24. The highest BCUT2D eigenvalue weighted by molar-refractivity contribution is 4.80. The average molecular weight is 268 g/mol. The maximum Gasteiger partial charge on any atom is 0.0110 e. The van der Waals surface area contributed by atoms with Gasteiger partial charge in [-0.2, -0.15) is 0 Å². The van der Waals surface area contributed by atoms with Gasteiger partial charge in [0.25, 0.3) is 0 Å². The Labute approximate surface area is 119 Å². The summed E-state index contributed by atoms with van der Waals surface area (Å²) in [6, 6.07) is 0. The lowest BCUT2D eigenvalue weighted by atomic mass is 10.3. The van der Waals surface area contributed by atoms with Crippen molar-refractivity contribution >= 4 is 0 Å². The summed E-state index contributed by atoms with van der Waals surface area (Å²) in [4.78, 5) is 7.53. The van der Waals surface area contributed by atoms with E-state index in [2.05, 4.69) is 34.1 Å². The lowest BCUT2D eigenvalue weighted by Gasteiger charge is -2.34. The van der Waals surface area contributed by atoms with Gasteiger partial charge in [-0.15, -0.1) is 0 Å². The molecular weight excluding hydrogens is 236 g/mol. The zero-order chi connectivity index (χ0) is 13.5. The molecule has 0 aromatic rings. The Morgan fingerprint density at radius 2 is 1.68 bits per heavy atom. The lowest BCUT2D eigenvalue weighted by molar-refractivity contribution is 0.129. The minimum atomic E-state index is 1.05. The highest BCUT2D eigenvalue weighted by Crippen LogP contribution is 2.29. The molecule has 1 aliphatic heterocycles. The molecule has 0 amide bonds. The molecule has 2 fully saturated rings. The van der Waals surface area contributed by atoms with E-state index in [1.165, 1.54) is 65.1 Å². The molecule has 2 rings (SSSR count). The van der Waals surface area contributed by atoms with Crippen molar-refractivity contribution in [2.45, 2.75) is 19.3 Å². The van der Waals surface area contributed by atoms with Crippen molar-refractivity contribution in [2.24, 2.45) is 5.92 Å². The van der Waals surface area contributed by atoms with Crippen molar-refractivity contribution in [3.63, 3.8) is 0 Å². The molecule has 0 unspecified atom stereocenters. The number of piperazine rings is 1. The van der Waals surface area contributed by atoms with E-state index in [4.69, 9.17) is 0 Å². The van der Waals surface area contributed by atoms with Gasteiger partial charge < -0.3 is 15.1 Å². The van der Waals surface area contributed by atoms with E-state index < -0.39 is 0 Å². The summed E-state index contributed by atoms with van der Waals surface area (Å²) in [5, 5.41) is 3.56. The molecule has 19 heavy (non-hydrogen) atoms. The zero-order valence-electron chi connectivity index (χ0n) is 12.9. The molecule has 112 valence electrons. The second-order valence-electron chi connectivity index (χ2n) is 6.49. The van der Waals surface area contributed by atoms with Crippen LogP contribution in [0, 0.1) is 5.92 Å². The third-order valence-corrected chi connectivity index (χ3v) is 4.24. The van der Waals surface area contributed by atoms with Crippen LogP contribution in [0.15, 0.2) is 0 Å². The van der Waals surface area contributed by atoms with Crippen molar-refractivity contribution in [3.05, 3.63) is 0 Å². The van der Waals surface area contributed by atoms with E-state index in [1.54, 1.807) is 0 Å². The van der Waals surface area contributed by atoms with Crippen LogP contribution < -0.4 is 5.32 Å². The normalized spacial score (nSPS) is 22.3. The monoisotopic (exact) mass is 268 g/mol. The molecule has 0 aromatic heterocycles. The fraction of sp³-hybridized carbons (Fsp3) is 1.00. The molecule has 2 aliphatic rings. The Hall–Kier alpha value is -0.160. The highest BCUT2D eigenvalue weighted by Gasteiger charge is 2.26. The largest absolute Gasteiger partial charge is 0.315 e. The Morgan fingerprint density at radius 1 is 1.00 bits per heavy atom. The van der Waals surface area contributed by atoms with Gasteiger partial charge in [0.1, 0.15) is 0 Å². The standard InChI is InChI=1S/C15H32N4/c1-17(2)8-3-6-16-7-9-18-10-12-19(13-11-18)14-15-4-5-15/h15-16H,3-14H2,1-2H3. The maximum atomic E-state index is 3.56. The van der Waals surface area contributed by atoms with Crippen molar-refractivity contribution in [3.8, 4) is 0 Å². The number of nitrogens with zero attached hydrogens (tertiary/aromatic N) is 3. The summed E-state index contributed by atoms with van der Waals surface area (Å²) in [7, 11) is 4.28. The average Bonchev–Trinajstić information content (AvgIpc) is 3.19. The second-order valence-corrected chi connectivity index (χ2v) is 6.49. The van der Waals surface area contributed by atoms with Crippen LogP contribution in [-0.4, -0.2) is 87.7 Å². The Morgan fingerprint density at radius 3 is 2.32 bits per heavy atom. The van der Waals surface area contributed by atoms with Crippen LogP contribution in [0.2, 0.25) is 0 Å². The minimum absolute atomic E-state index is 1.05. The molecule has 1 aliphatic carbocycles. The van der Waals surface area contributed by atoms with E-state index in [0.29, 0.717) is 0 Å². The Balaban J connectivity index is 1.42. The number of rotatable bonds is 9. The third kappa shape index (κ3) is 6.70. The summed E-state index contributed by atoms with van der Waals surface area (Å²) < 4.78 is 0. The van der Waals surface area contributed by atoms with Crippen molar-refractivity contribution < 1.29 is 0 Å². The van der Waals surface area contributed by atoms with Crippen LogP contribution in [0.5, 0.6) is 0 Å². The van der Waals surface area contributed by atoms with E-state index in [0.717, 1.165) is 19.0 Å². The number of hydrogen-bond donors (Lipinski definition) is 1. The van der Waals surface area contributed by atoms with Gasteiger partial charge in [0.2, 0.25) is 0 Å². The quantitative estimate of drug-likeness (QED) is 0.617. The van der Waals surface area contributed by atoms with E-state index >= 15 is 0 Å². The Bertz CT molecular complexity index is 232. The molecule has 1 saturated carbocycles. The fourth-order valence-corrected chi connectivity index (χ4v) is 2.74. The molecule has 0 radical (unpaired) electrons. The van der Waals surface area contributed by atoms with Gasteiger partial charge in [-0.1, -0.05) is 0 Å². The van der Waals surface area contributed by atoms with E-state index in [9.17, 15) is 0 Å². The molecule has 0 spiro atoms. The van der Waals surface area contributed by atoms with Crippen LogP contribution >= 0.6 is 0 Å². The van der Waals surface area contributed by atoms with Gasteiger partial charge in [0, 0.05) is 45.8 Å². The summed E-state index contributed by atoms with van der Waals surface area (Å²) in [6.45, 7) is 11.2. The first-order chi connectivity index (χ1) is 9.24. The predicted octanol–water partition coefficient (Wildman–Crippen LogP) is 0.555. The number of nitrogens with one attached hydrogen (secondary N) is 1. The smallest absolute Gasteiger partial charge is 0.0110 e.